The van der Waals surface area contributed by atoms with E-state index in [0.29, 0.717) is 16.5 Å². The molecular weight excluding hydrogens is 501 g/mol. The lowest BCUT2D eigenvalue weighted by molar-refractivity contribution is -0.153. The lowest BCUT2D eigenvalue weighted by Crippen LogP contribution is -2.19. The van der Waals surface area contributed by atoms with Crippen molar-refractivity contribution in [3.8, 4) is 22.6 Å². The first-order valence-electron chi connectivity index (χ1n) is 11.4. The molecule has 4 aromatic carbocycles. The van der Waals surface area contributed by atoms with Gasteiger partial charge in [0.15, 0.2) is 18.2 Å². The summed E-state index contributed by atoms with van der Waals surface area (Å²) in [7, 11) is 0. The van der Waals surface area contributed by atoms with Gasteiger partial charge in [-0.05, 0) is 60.0 Å². The van der Waals surface area contributed by atoms with Crippen molar-refractivity contribution >= 4 is 10.8 Å². The standard InChI is InChI=1S/C28H21F7O2/c1-2-36-20-13-23(30)26(24(31)14-20)19-8-9-21-18(12-19)7-6-17(27(21)32)5-3-16-4-10-25(22(29)11-16)37-15-28(33,34)35/h4,6-14H,2-3,5,15H2,1H3. The summed E-state index contributed by atoms with van der Waals surface area (Å²) in [4.78, 5) is 0. The molecule has 0 N–H and O–H groups in total. The van der Waals surface area contributed by atoms with Crippen LogP contribution in [0.5, 0.6) is 11.5 Å². The van der Waals surface area contributed by atoms with Gasteiger partial charge in [-0.25, -0.2) is 17.6 Å². The smallest absolute Gasteiger partial charge is 0.422 e. The zero-order chi connectivity index (χ0) is 26.7. The Balaban J connectivity index is 1.52. The summed E-state index contributed by atoms with van der Waals surface area (Å²) in [5.41, 5.74) is 0.769. The Morgan fingerprint density at radius 3 is 2.11 bits per heavy atom. The normalized spacial score (nSPS) is 11.7. The van der Waals surface area contributed by atoms with Crippen molar-refractivity contribution in [3.05, 3.63) is 95.1 Å². The van der Waals surface area contributed by atoms with Crippen LogP contribution in [0.15, 0.2) is 60.7 Å². The van der Waals surface area contributed by atoms with E-state index in [1.807, 2.05) is 0 Å². The highest BCUT2D eigenvalue weighted by Crippen LogP contribution is 2.33. The Labute approximate surface area is 208 Å². The molecule has 0 saturated heterocycles. The van der Waals surface area contributed by atoms with Gasteiger partial charge in [-0.15, -0.1) is 0 Å². The molecule has 0 heterocycles. The van der Waals surface area contributed by atoms with Crippen molar-refractivity contribution in [1.82, 2.24) is 0 Å². The number of aryl methyl sites for hydroxylation is 2. The maximum atomic E-state index is 15.2. The number of benzene rings is 4. The lowest BCUT2D eigenvalue weighted by atomic mass is 9.96. The van der Waals surface area contributed by atoms with Crippen LogP contribution in [0.3, 0.4) is 0 Å². The number of fused-ring (bicyclic) bond motifs is 1. The van der Waals surface area contributed by atoms with Gasteiger partial charge in [0.1, 0.15) is 23.2 Å². The van der Waals surface area contributed by atoms with E-state index >= 15 is 4.39 Å². The third-order valence-electron chi connectivity index (χ3n) is 5.72. The zero-order valence-electron chi connectivity index (χ0n) is 19.6. The number of hydrogen-bond donors (Lipinski definition) is 0. The Morgan fingerprint density at radius 1 is 0.730 bits per heavy atom. The molecule has 2 nitrogen and oxygen atoms in total. The van der Waals surface area contributed by atoms with Crippen LogP contribution in [-0.4, -0.2) is 19.4 Å². The molecule has 0 aliphatic heterocycles. The van der Waals surface area contributed by atoms with Gasteiger partial charge in [0.2, 0.25) is 0 Å². The molecule has 0 amide bonds. The largest absolute Gasteiger partial charge is 0.494 e. The topological polar surface area (TPSA) is 18.5 Å². The molecular formula is C28H21F7O2. The Hall–Kier alpha value is -3.75. The summed E-state index contributed by atoms with van der Waals surface area (Å²) >= 11 is 0. The number of ether oxygens (including phenoxy) is 2. The maximum Gasteiger partial charge on any atom is 0.422 e. The monoisotopic (exact) mass is 522 g/mol. The van der Waals surface area contributed by atoms with E-state index in [9.17, 15) is 26.3 Å². The predicted molar refractivity (Wildman–Crippen MR) is 126 cm³/mol. The van der Waals surface area contributed by atoms with Gasteiger partial charge >= 0.3 is 6.18 Å². The Bertz CT molecular complexity index is 1410. The zero-order valence-corrected chi connectivity index (χ0v) is 19.6. The molecule has 0 bridgehead atoms. The summed E-state index contributed by atoms with van der Waals surface area (Å²) in [5.74, 6) is -3.52. The van der Waals surface area contributed by atoms with Crippen molar-refractivity contribution in [2.45, 2.75) is 25.9 Å². The quantitative estimate of drug-likeness (QED) is 0.217. The number of rotatable bonds is 8. The first-order chi connectivity index (χ1) is 17.6. The third-order valence-corrected chi connectivity index (χ3v) is 5.72. The Morgan fingerprint density at radius 2 is 1.46 bits per heavy atom. The molecule has 0 fully saturated rings. The van der Waals surface area contributed by atoms with Gasteiger partial charge in [-0.3, -0.25) is 0 Å². The maximum absolute atomic E-state index is 15.2. The minimum Gasteiger partial charge on any atom is -0.494 e. The molecule has 4 aromatic rings. The lowest BCUT2D eigenvalue weighted by Gasteiger charge is -2.12. The average Bonchev–Trinajstić information content (AvgIpc) is 2.82. The number of hydrogen-bond acceptors (Lipinski definition) is 2. The second-order valence-corrected chi connectivity index (χ2v) is 8.34. The van der Waals surface area contributed by atoms with Gasteiger partial charge in [0.05, 0.1) is 12.2 Å². The second kappa shape index (κ2) is 10.7. The van der Waals surface area contributed by atoms with E-state index in [1.165, 1.54) is 30.3 Å². The average molecular weight is 522 g/mol. The van der Waals surface area contributed by atoms with E-state index in [4.69, 9.17) is 4.74 Å². The first kappa shape index (κ1) is 26.3. The summed E-state index contributed by atoms with van der Waals surface area (Å²) in [6.45, 7) is 0.346. The molecule has 0 aliphatic rings. The molecule has 37 heavy (non-hydrogen) atoms. The highest BCUT2D eigenvalue weighted by atomic mass is 19.4. The van der Waals surface area contributed by atoms with Gasteiger partial charge in [-0.2, -0.15) is 13.2 Å². The van der Waals surface area contributed by atoms with Crippen molar-refractivity contribution in [2.24, 2.45) is 0 Å². The van der Waals surface area contributed by atoms with Crippen molar-refractivity contribution < 1.29 is 40.2 Å². The van der Waals surface area contributed by atoms with E-state index in [-0.39, 0.29) is 41.7 Å². The van der Waals surface area contributed by atoms with Crippen LogP contribution in [0.4, 0.5) is 30.7 Å². The van der Waals surface area contributed by atoms with Crippen LogP contribution in [-0.2, 0) is 12.8 Å². The van der Waals surface area contributed by atoms with Crippen LogP contribution >= 0.6 is 0 Å². The third kappa shape index (κ3) is 6.15. The fraction of sp³-hybridized carbons (Fsp3) is 0.214. The van der Waals surface area contributed by atoms with Crippen molar-refractivity contribution in [2.75, 3.05) is 13.2 Å². The van der Waals surface area contributed by atoms with Crippen molar-refractivity contribution in [3.63, 3.8) is 0 Å². The molecule has 0 radical (unpaired) electrons. The molecule has 0 aromatic heterocycles. The van der Waals surface area contributed by atoms with E-state index < -0.39 is 41.8 Å². The van der Waals surface area contributed by atoms with Gasteiger partial charge < -0.3 is 9.47 Å². The summed E-state index contributed by atoms with van der Waals surface area (Å²) in [6.07, 6.45) is -4.18. The molecule has 0 unspecified atom stereocenters. The van der Waals surface area contributed by atoms with Crippen LogP contribution < -0.4 is 9.47 Å². The molecule has 0 atom stereocenters. The van der Waals surface area contributed by atoms with Crippen LogP contribution in [0.1, 0.15) is 18.1 Å². The van der Waals surface area contributed by atoms with E-state index in [1.54, 1.807) is 13.0 Å². The van der Waals surface area contributed by atoms with Gasteiger partial charge in [0.25, 0.3) is 0 Å². The van der Waals surface area contributed by atoms with Crippen LogP contribution in [0.25, 0.3) is 21.9 Å². The SMILES string of the molecule is CCOc1cc(F)c(-c2ccc3c(F)c(CCc4ccc(OCC(F)(F)F)c(F)c4)ccc3c2)c(F)c1. The minimum absolute atomic E-state index is 0.0704. The fourth-order valence-corrected chi connectivity index (χ4v) is 4.02. The number of halogens is 7. The molecule has 0 aliphatic carbocycles. The minimum atomic E-state index is -4.59. The highest BCUT2D eigenvalue weighted by Gasteiger charge is 2.29. The predicted octanol–water partition coefficient (Wildman–Crippen LogP) is 8.19. The van der Waals surface area contributed by atoms with Gasteiger partial charge in [-0.1, -0.05) is 30.3 Å². The van der Waals surface area contributed by atoms with Gasteiger partial charge in [0, 0.05) is 17.5 Å². The molecule has 0 spiro atoms. The molecule has 9 heteroatoms. The van der Waals surface area contributed by atoms with Crippen molar-refractivity contribution in [1.29, 1.82) is 0 Å². The highest BCUT2D eigenvalue weighted by molar-refractivity contribution is 5.88. The second-order valence-electron chi connectivity index (χ2n) is 8.34. The summed E-state index contributed by atoms with van der Waals surface area (Å²) in [5, 5.41) is 0.679. The summed E-state index contributed by atoms with van der Waals surface area (Å²) < 4.78 is 105. The molecule has 4 rings (SSSR count). The molecule has 0 saturated carbocycles. The number of alkyl halides is 3. The van der Waals surface area contributed by atoms with Crippen LogP contribution in [0.2, 0.25) is 0 Å². The fourth-order valence-electron chi connectivity index (χ4n) is 4.02. The van der Waals surface area contributed by atoms with E-state index in [0.717, 1.165) is 24.3 Å². The van der Waals surface area contributed by atoms with E-state index in [2.05, 4.69) is 4.74 Å². The first-order valence-corrected chi connectivity index (χ1v) is 11.4. The summed E-state index contributed by atoms with van der Waals surface area (Å²) in [6, 6.07) is 13.3. The molecule has 194 valence electrons. The Kier molecular flexibility index (Phi) is 7.61. The van der Waals surface area contributed by atoms with Crippen LogP contribution in [0, 0.1) is 23.3 Å².